The molecule has 1 aliphatic rings. The van der Waals surface area contributed by atoms with Gasteiger partial charge in [0.15, 0.2) is 0 Å². The topological polar surface area (TPSA) is 45.2 Å². The van der Waals surface area contributed by atoms with Gasteiger partial charge in [0.25, 0.3) is 5.91 Å². The van der Waals surface area contributed by atoms with Crippen molar-refractivity contribution in [2.45, 2.75) is 19.9 Å². The number of nitrogens with zero attached hydrogens (tertiary/aromatic N) is 2. The van der Waals surface area contributed by atoms with E-state index in [0.717, 1.165) is 36.6 Å². The largest absolute Gasteiger partial charge is 0.351 e. The van der Waals surface area contributed by atoms with Crippen LogP contribution < -0.4 is 10.2 Å². The molecule has 0 aliphatic carbocycles. The lowest BCUT2D eigenvalue weighted by Gasteiger charge is -2.30. The first-order valence-electron chi connectivity index (χ1n) is 8.85. The van der Waals surface area contributed by atoms with Gasteiger partial charge in [0, 0.05) is 25.0 Å². The van der Waals surface area contributed by atoms with Gasteiger partial charge >= 0.3 is 0 Å². The van der Waals surface area contributed by atoms with Gasteiger partial charge in [-0.3, -0.25) is 4.79 Å². The third-order valence-corrected chi connectivity index (χ3v) is 4.74. The molecule has 4 rings (SSSR count). The maximum atomic E-state index is 12.9. The highest BCUT2D eigenvalue weighted by molar-refractivity contribution is 6.07. The molecule has 0 fully saturated rings. The van der Waals surface area contributed by atoms with Crippen LogP contribution in [0.5, 0.6) is 0 Å². The number of pyridine rings is 1. The normalized spacial score (nSPS) is 13.2. The zero-order chi connectivity index (χ0) is 17.9. The fourth-order valence-corrected chi connectivity index (χ4v) is 3.42. The van der Waals surface area contributed by atoms with Gasteiger partial charge in [0.05, 0.1) is 5.56 Å². The molecule has 0 spiro atoms. The molecular formula is C22H21N3O. The summed E-state index contributed by atoms with van der Waals surface area (Å²) in [6.07, 6.45) is 2.71. The van der Waals surface area contributed by atoms with Gasteiger partial charge in [-0.2, -0.15) is 0 Å². The van der Waals surface area contributed by atoms with E-state index >= 15 is 0 Å². The molecule has 130 valence electrons. The second-order valence-electron chi connectivity index (χ2n) is 6.64. The summed E-state index contributed by atoms with van der Waals surface area (Å²) < 4.78 is 0. The average Bonchev–Trinajstić information content (AvgIpc) is 2.67. The van der Waals surface area contributed by atoms with Crippen molar-refractivity contribution in [2.24, 2.45) is 0 Å². The fourth-order valence-electron chi connectivity index (χ4n) is 3.42. The van der Waals surface area contributed by atoms with Gasteiger partial charge in [0.2, 0.25) is 0 Å². The van der Waals surface area contributed by atoms with Crippen molar-refractivity contribution in [3.05, 3.63) is 89.1 Å². The Bertz CT molecular complexity index is 951. The van der Waals surface area contributed by atoms with E-state index in [9.17, 15) is 4.79 Å². The monoisotopic (exact) mass is 343 g/mol. The summed E-state index contributed by atoms with van der Waals surface area (Å²) in [7, 11) is 0. The predicted octanol–water partition coefficient (Wildman–Crippen LogP) is 4.21. The first-order chi connectivity index (χ1) is 12.7. The van der Waals surface area contributed by atoms with E-state index in [-0.39, 0.29) is 5.91 Å². The van der Waals surface area contributed by atoms with E-state index in [1.54, 1.807) is 6.20 Å². The highest BCUT2D eigenvalue weighted by Crippen LogP contribution is 2.26. The maximum absolute atomic E-state index is 12.9. The van der Waals surface area contributed by atoms with Crippen LogP contribution in [0.25, 0.3) is 0 Å². The van der Waals surface area contributed by atoms with E-state index in [1.165, 1.54) is 11.1 Å². The van der Waals surface area contributed by atoms with Crippen LogP contribution in [0.2, 0.25) is 0 Å². The third-order valence-electron chi connectivity index (χ3n) is 4.74. The van der Waals surface area contributed by atoms with E-state index in [0.29, 0.717) is 5.56 Å². The zero-order valence-corrected chi connectivity index (χ0v) is 14.8. The van der Waals surface area contributed by atoms with Gasteiger partial charge < -0.3 is 10.2 Å². The molecule has 1 aromatic heterocycles. The number of aryl methyl sites for hydroxylation is 1. The first kappa shape index (κ1) is 16.3. The lowest BCUT2D eigenvalue weighted by Crippen LogP contribution is -2.32. The molecule has 0 bridgehead atoms. The van der Waals surface area contributed by atoms with Gasteiger partial charge in [-0.15, -0.1) is 0 Å². The smallest absolute Gasteiger partial charge is 0.259 e. The molecule has 2 aromatic carbocycles. The number of rotatable bonds is 3. The Morgan fingerprint density at radius 2 is 1.88 bits per heavy atom. The summed E-state index contributed by atoms with van der Waals surface area (Å²) in [6.45, 7) is 3.65. The highest BCUT2D eigenvalue weighted by atomic mass is 16.1. The SMILES string of the molecule is Cc1cccc(NC(=O)c2cccnc2N2CCc3ccccc3C2)c1. The zero-order valence-electron chi connectivity index (χ0n) is 14.8. The van der Waals surface area contributed by atoms with Crippen molar-refractivity contribution < 1.29 is 4.79 Å². The predicted molar refractivity (Wildman–Crippen MR) is 105 cm³/mol. The third kappa shape index (κ3) is 3.31. The number of anilines is 2. The number of carbonyl (C=O) groups excluding carboxylic acids is 1. The van der Waals surface area contributed by atoms with E-state index in [4.69, 9.17) is 0 Å². The molecule has 1 N–H and O–H groups in total. The summed E-state index contributed by atoms with van der Waals surface area (Å²) in [5.41, 5.74) is 5.20. The number of hydrogen-bond acceptors (Lipinski definition) is 3. The van der Waals surface area contributed by atoms with Crippen molar-refractivity contribution in [2.75, 3.05) is 16.8 Å². The summed E-state index contributed by atoms with van der Waals surface area (Å²) >= 11 is 0. The molecule has 4 heteroatoms. The van der Waals surface area contributed by atoms with E-state index in [1.807, 2.05) is 43.3 Å². The Balaban J connectivity index is 1.60. The molecule has 0 radical (unpaired) electrons. The maximum Gasteiger partial charge on any atom is 0.259 e. The Morgan fingerprint density at radius 3 is 2.73 bits per heavy atom. The van der Waals surface area contributed by atoms with Crippen LogP contribution in [0.4, 0.5) is 11.5 Å². The summed E-state index contributed by atoms with van der Waals surface area (Å²) in [5.74, 6) is 0.615. The van der Waals surface area contributed by atoms with E-state index < -0.39 is 0 Å². The van der Waals surface area contributed by atoms with Crippen LogP contribution in [-0.4, -0.2) is 17.4 Å². The second kappa shape index (κ2) is 7.00. The summed E-state index contributed by atoms with van der Waals surface area (Å²) in [5, 5.41) is 2.99. The molecule has 1 aliphatic heterocycles. The molecule has 0 saturated heterocycles. The van der Waals surface area contributed by atoms with Crippen LogP contribution in [0, 0.1) is 6.92 Å². The van der Waals surface area contributed by atoms with Gasteiger partial charge in [-0.25, -0.2) is 4.98 Å². The van der Waals surface area contributed by atoms with Crippen LogP contribution in [-0.2, 0) is 13.0 Å². The first-order valence-corrected chi connectivity index (χ1v) is 8.85. The standard InChI is InChI=1S/C22H21N3O/c1-16-6-4-9-19(14-16)24-22(26)20-10-5-12-23-21(20)25-13-11-17-7-2-3-8-18(17)15-25/h2-10,12,14H,11,13,15H2,1H3,(H,24,26). The second-order valence-corrected chi connectivity index (χ2v) is 6.64. The van der Waals surface area contributed by atoms with Crippen molar-refractivity contribution in [1.82, 2.24) is 4.98 Å². The highest BCUT2D eigenvalue weighted by Gasteiger charge is 2.22. The Hall–Kier alpha value is -3.14. The molecule has 1 amide bonds. The minimum Gasteiger partial charge on any atom is -0.351 e. The molecule has 4 nitrogen and oxygen atoms in total. The molecule has 0 saturated carbocycles. The Labute approximate surface area is 153 Å². The van der Waals surface area contributed by atoms with Crippen LogP contribution >= 0.6 is 0 Å². The van der Waals surface area contributed by atoms with Crippen molar-refractivity contribution in [3.63, 3.8) is 0 Å². The van der Waals surface area contributed by atoms with Crippen LogP contribution in [0.3, 0.4) is 0 Å². The van der Waals surface area contributed by atoms with Crippen molar-refractivity contribution in [1.29, 1.82) is 0 Å². The van der Waals surface area contributed by atoms with Crippen molar-refractivity contribution >= 4 is 17.4 Å². The number of hydrogen-bond donors (Lipinski definition) is 1. The van der Waals surface area contributed by atoms with E-state index in [2.05, 4.69) is 39.5 Å². The lowest BCUT2D eigenvalue weighted by molar-refractivity contribution is 0.102. The minimum atomic E-state index is -0.127. The van der Waals surface area contributed by atoms with Gasteiger partial charge in [0.1, 0.15) is 5.82 Å². The van der Waals surface area contributed by atoms with Crippen molar-refractivity contribution in [3.8, 4) is 0 Å². The molecule has 26 heavy (non-hydrogen) atoms. The molecule has 3 aromatic rings. The number of carbonyl (C=O) groups is 1. The van der Waals surface area contributed by atoms with Crippen LogP contribution in [0.1, 0.15) is 27.0 Å². The van der Waals surface area contributed by atoms with Crippen LogP contribution in [0.15, 0.2) is 66.9 Å². The number of aromatic nitrogens is 1. The average molecular weight is 343 g/mol. The number of fused-ring (bicyclic) bond motifs is 1. The molecular weight excluding hydrogens is 322 g/mol. The summed E-state index contributed by atoms with van der Waals surface area (Å²) in [4.78, 5) is 19.6. The van der Waals surface area contributed by atoms with Gasteiger partial charge in [-0.05, 0) is 54.3 Å². The number of amides is 1. The summed E-state index contributed by atoms with van der Waals surface area (Å²) in [6, 6.07) is 19.9. The van der Waals surface area contributed by atoms with Gasteiger partial charge in [-0.1, -0.05) is 36.4 Å². The number of nitrogens with one attached hydrogen (secondary N) is 1. The minimum absolute atomic E-state index is 0.127. The Kier molecular flexibility index (Phi) is 4.40. The fraction of sp³-hybridized carbons (Fsp3) is 0.182. The Morgan fingerprint density at radius 1 is 1.04 bits per heavy atom. The lowest BCUT2D eigenvalue weighted by atomic mass is 9.99. The quantitative estimate of drug-likeness (QED) is 0.775. The number of benzene rings is 2. The molecule has 2 heterocycles. The molecule has 0 atom stereocenters. The molecule has 0 unspecified atom stereocenters.